The largest absolute Gasteiger partial charge is 0.255 e. The fraction of sp³-hybridized carbons (Fsp3) is 0.300. The number of hydrogen-bond acceptors (Lipinski definition) is 3. The molecule has 0 aliphatic heterocycles. The van der Waals surface area contributed by atoms with Gasteiger partial charge in [0.1, 0.15) is 5.69 Å². The number of halogens is 1. The summed E-state index contributed by atoms with van der Waals surface area (Å²) in [6.07, 6.45) is 2.81. The minimum atomic E-state index is 0.823. The third kappa shape index (κ3) is 2.17. The highest BCUT2D eigenvalue weighted by molar-refractivity contribution is 14.1. The van der Waals surface area contributed by atoms with E-state index in [2.05, 4.69) is 50.9 Å². The standard InChI is InChI=1S/C10H11IN4/c1-3-8-7(11)4-5-9(12-8)10-6-15(2)14-13-10/h4-6H,3H2,1-2H3. The van der Waals surface area contributed by atoms with Gasteiger partial charge >= 0.3 is 0 Å². The first-order valence-electron chi connectivity index (χ1n) is 4.73. The Morgan fingerprint density at radius 2 is 2.13 bits per heavy atom. The lowest BCUT2D eigenvalue weighted by Crippen LogP contribution is -1.94. The first kappa shape index (κ1) is 10.5. The number of hydrogen-bond donors (Lipinski definition) is 0. The van der Waals surface area contributed by atoms with E-state index in [0.717, 1.165) is 23.5 Å². The van der Waals surface area contributed by atoms with Crippen molar-refractivity contribution in [3.63, 3.8) is 0 Å². The topological polar surface area (TPSA) is 43.6 Å². The van der Waals surface area contributed by atoms with Gasteiger partial charge in [-0.1, -0.05) is 12.1 Å². The van der Waals surface area contributed by atoms with Crippen molar-refractivity contribution in [2.75, 3.05) is 0 Å². The van der Waals surface area contributed by atoms with Crippen molar-refractivity contribution in [3.8, 4) is 11.4 Å². The maximum atomic E-state index is 4.55. The van der Waals surface area contributed by atoms with Gasteiger partial charge in [0.2, 0.25) is 0 Å². The molecule has 0 aromatic carbocycles. The molecule has 0 N–H and O–H groups in total. The molecule has 2 heterocycles. The van der Waals surface area contributed by atoms with Crippen LogP contribution in [0.3, 0.4) is 0 Å². The van der Waals surface area contributed by atoms with Gasteiger partial charge in [0.05, 0.1) is 17.6 Å². The van der Waals surface area contributed by atoms with Crippen LogP contribution in [0.25, 0.3) is 11.4 Å². The van der Waals surface area contributed by atoms with E-state index in [9.17, 15) is 0 Å². The maximum absolute atomic E-state index is 4.55. The first-order chi connectivity index (χ1) is 7.20. The molecule has 0 unspecified atom stereocenters. The fourth-order valence-corrected chi connectivity index (χ4v) is 2.02. The van der Waals surface area contributed by atoms with Gasteiger partial charge < -0.3 is 0 Å². The summed E-state index contributed by atoms with van der Waals surface area (Å²) in [4.78, 5) is 4.55. The second-order valence-electron chi connectivity index (χ2n) is 3.26. The van der Waals surface area contributed by atoms with E-state index in [1.54, 1.807) is 4.68 Å². The van der Waals surface area contributed by atoms with Gasteiger partial charge in [0, 0.05) is 10.6 Å². The first-order valence-corrected chi connectivity index (χ1v) is 5.80. The Balaban J connectivity index is 2.45. The molecule has 0 spiro atoms. The molecule has 0 saturated heterocycles. The lowest BCUT2D eigenvalue weighted by Gasteiger charge is -2.02. The van der Waals surface area contributed by atoms with Crippen molar-refractivity contribution in [3.05, 3.63) is 27.6 Å². The predicted molar refractivity (Wildman–Crippen MR) is 66.3 cm³/mol. The van der Waals surface area contributed by atoms with Crippen molar-refractivity contribution in [2.24, 2.45) is 7.05 Å². The summed E-state index contributed by atoms with van der Waals surface area (Å²) in [5.41, 5.74) is 2.82. The Hall–Kier alpha value is -0.980. The monoisotopic (exact) mass is 314 g/mol. The molecular weight excluding hydrogens is 303 g/mol. The number of aryl methyl sites for hydroxylation is 2. The van der Waals surface area contributed by atoms with Gasteiger partial charge in [0.15, 0.2) is 0 Å². The molecule has 0 atom stereocenters. The molecule has 5 heteroatoms. The van der Waals surface area contributed by atoms with Gasteiger partial charge in [-0.3, -0.25) is 4.68 Å². The number of nitrogens with zero attached hydrogens (tertiary/aromatic N) is 4. The minimum absolute atomic E-state index is 0.823. The van der Waals surface area contributed by atoms with Crippen molar-refractivity contribution < 1.29 is 0 Å². The van der Waals surface area contributed by atoms with Crippen LogP contribution in [0.1, 0.15) is 12.6 Å². The lowest BCUT2D eigenvalue weighted by molar-refractivity contribution is 0.715. The fourth-order valence-electron chi connectivity index (χ4n) is 1.34. The zero-order chi connectivity index (χ0) is 10.8. The van der Waals surface area contributed by atoms with Crippen LogP contribution < -0.4 is 0 Å². The second-order valence-corrected chi connectivity index (χ2v) is 4.42. The van der Waals surface area contributed by atoms with Crippen molar-refractivity contribution in [1.82, 2.24) is 20.0 Å². The normalized spacial score (nSPS) is 10.6. The summed E-state index contributed by atoms with van der Waals surface area (Å²) in [5, 5.41) is 7.93. The zero-order valence-electron chi connectivity index (χ0n) is 8.61. The molecule has 0 fully saturated rings. The second kappa shape index (κ2) is 4.26. The average Bonchev–Trinajstić information content (AvgIpc) is 2.66. The zero-order valence-corrected chi connectivity index (χ0v) is 10.8. The third-order valence-electron chi connectivity index (χ3n) is 2.12. The molecule has 0 radical (unpaired) electrons. The van der Waals surface area contributed by atoms with Crippen LogP contribution in [0.15, 0.2) is 18.3 Å². The molecule has 0 saturated carbocycles. The smallest absolute Gasteiger partial charge is 0.131 e. The minimum Gasteiger partial charge on any atom is -0.255 e. The molecule has 78 valence electrons. The molecule has 4 nitrogen and oxygen atoms in total. The number of aromatic nitrogens is 4. The van der Waals surface area contributed by atoms with Gasteiger partial charge in [0.25, 0.3) is 0 Å². The summed E-state index contributed by atoms with van der Waals surface area (Å²) >= 11 is 2.30. The predicted octanol–water partition coefficient (Wildman–Crippen LogP) is 2.04. The SMILES string of the molecule is CCc1nc(-c2cn(C)nn2)ccc1I. The van der Waals surface area contributed by atoms with Crippen molar-refractivity contribution in [1.29, 1.82) is 0 Å². The summed E-state index contributed by atoms with van der Waals surface area (Å²) in [6.45, 7) is 2.10. The van der Waals surface area contributed by atoms with E-state index in [4.69, 9.17) is 0 Å². The quantitative estimate of drug-likeness (QED) is 0.797. The van der Waals surface area contributed by atoms with Crippen molar-refractivity contribution in [2.45, 2.75) is 13.3 Å². The summed E-state index contributed by atoms with van der Waals surface area (Å²) < 4.78 is 2.88. The average molecular weight is 314 g/mol. The third-order valence-corrected chi connectivity index (χ3v) is 3.10. The van der Waals surface area contributed by atoms with E-state index in [1.165, 1.54) is 3.57 Å². The molecule has 2 rings (SSSR count). The molecule has 0 aliphatic rings. The number of rotatable bonds is 2. The molecule has 0 bridgehead atoms. The van der Waals surface area contributed by atoms with E-state index in [-0.39, 0.29) is 0 Å². The van der Waals surface area contributed by atoms with Crippen molar-refractivity contribution >= 4 is 22.6 Å². The van der Waals surface area contributed by atoms with Crippen LogP contribution in [0, 0.1) is 3.57 Å². The highest BCUT2D eigenvalue weighted by Crippen LogP contribution is 2.17. The van der Waals surface area contributed by atoms with Crippen LogP contribution in [0.5, 0.6) is 0 Å². The molecule has 0 aliphatic carbocycles. The molecular formula is C10H11IN4. The number of pyridine rings is 1. The summed E-state index contributed by atoms with van der Waals surface area (Å²) in [6, 6.07) is 4.04. The molecule has 15 heavy (non-hydrogen) atoms. The Labute approximate surface area is 102 Å². The highest BCUT2D eigenvalue weighted by Gasteiger charge is 2.06. The van der Waals surface area contributed by atoms with Crippen LogP contribution >= 0.6 is 22.6 Å². The van der Waals surface area contributed by atoms with Crippen LogP contribution in [-0.2, 0) is 13.5 Å². The van der Waals surface area contributed by atoms with Gasteiger partial charge in [-0.2, -0.15) is 0 Å². The lowest BCUT2D eigenvalue weighted by atomic mass is 10.2. The Bertz CT molecular complexity index is 478. The van der Waals surface area contributed by atoms with E-state index < -0.39 is 0 Å². The maximum Gasteiger partial charge on any atom is 0.131 e. The van der Waals surface area contributed by atoms with Gasteiger partial charge in [-0.15, -0.1) is 5.10 Å². The van der Waals surface area contributed by atoms with Crippen LogP contribution in [0.2, 0.25) is 0 Å². The van der Waals surface area contributed by atoms with E-state index in [1.807, 2.05) is 19.3 Å². The van der Waals surface area contributed by atoms with Crippen LogP contribution in [0.4, 0.5) is 0 Å². The Morgan fingerprint density at radius 1 is 1.33 bits per heavy atom. The summed E-state index contributed by atoms with van der Waals surface area (Å²) in [7, 11) is 1.85. The van der Waals surface area contributed by atoms with Crippen LogP contribution in [-0.4, -0.2) is 20.0 Å². The van der Waals surface area contributed by atoms with Gasteiger partial charge in [-0.05, 0) is 41.1 Å². The molecule has 2 aromatic rings. The van der Waals surface area contributed by atoms with E-state index in [0.29, 0.717) is 0 Å². The van der Waals surface area contributed by atoms with E-state index >= 15 is 0 Å². The Morgan fingerprint density at radius 3 is 2.73 bits per heavy atom. The Kier molecular flexibility index (Phi) is 2.99. The molecule has 2 aromatic heterocycles. The van der Waals surface area contributed by atoms with Gasteiger partial charge in [-0.25, -0.2) is 4.98 Å². The molecule has 0 amide bonds. The highest BCUT2D eigenvalue weighted by atomic mass is 127. The summed E-state index contributed by atoms with van der Waals surface area (Å²) in [5.74, 6) is 0.